The molecule has 0 aliphatic carbocycles. The van der Waals surface area contributed by atoms with Crippen molar-refractivity contribution in [2.24, 2.45) is 0 Å². The Labute approximate surface area is 151 Å². The lowest BCUT2D eigenvalue weighted by molar-refractivity contribution is 0.0512. The number of ether oxygens (including phenoxy) is 2. The van der Waals surface area contributed by atoms with Gasteiger partial charge in [0.1, 0.15) is 11.3 Å². The van der Waals surface area contributed by atoms with Crippen LogP contribution >= 0.6 is 0 Å². The zero-order valence-electron chi connectivity index (χ0n) is 14.0. The molecular formula is C16H13F4NO5S. The third kappa shape index (κ3) is 3.97. The number of sulfonamides is 1. The Kier molecular flexibility index (Phi) is 5.94. The van der Waals surface area contributed by atoms with E-state index in [0.29, 0.717) is 5.75 Å². The zero-order chi connectivity index (χ0) is 20.4. The molecule has 2 aromatic carbocycles. The van der Waals surface area contributed by atoms with Crippen LogP contribution in [0.3, 0.4) is 0 Å². The Hall–Kier alpha value is -2.82. The summed E-state index contributed by atoms with van der Waals surface area (Å²) < 4.78 is 91.8. The fourth-order valence-electron chi connectivity index (χ4n) is 2.10. The number of halogens is 4. The molecule has 0 saturated heterocycles. The van der Waals surface area contributed by atoms with Gasteiger partial charge in [-0.15, -0.1) is 0 Å². The molecule has 0 aliphatic rings. The van der Waals surface area contributed by atoms with Gasteiger partial charge in [-0.2, -0.15) is 0 Å². The highest BCUT2D eigenvalue weighted by Crippen LogP contribution is 2.30. The minimum absolute atomic E-state index is 0.142. The van der Waals surface area contributed by atoms with E-state index in [4.69, 9.17) is 4.74 Å². The third-order valence-corrected chi connectivity index (χ3v) is 4.71. The monoisotopic (exact) mass is 407 g/mol. The summed E-state index contributed by atoms with van der Waals surface area (Å²) in [5.74, 6) is -10.2. The first kappa shape index (κ1) is 20.5. The summed E-state index contributed by atoms with van der Waals surface area (Å²) in [4.78, 5) is 9.79. The lowest BCUT2D eigenvalue weighted by atomic mass is 10.2. The molecule has 11 heteroatoms. The molecule has 146 valence electrons. The molecule has 0 aliphatic heterocycles. The number of methoxy groups -OCH3 is 1. The molecular weight excluding hydrogens is 394 g/mol. The van der Waals surface area contributed by atoms with Crippen LogP contribution in [0.5, 0.6) is 5.75 Å². The minimum Gasteiger partial charge on any atom is -0.497 e. The number of hydrogen-bond donors (Lipinski definition) is 1. The first-order valence-corrected chi connectivity index (χ1v) is 8.82. The molecule has 0 amide bonds. The predicted molar refractivity (Wildman–Crippen MR) is 86.0 cm³/mol. The van der Waals surface area contributed by atoms with Crippen molar-refractivity contribution in [3.63, 3.8) is 0 Å². The lowest BCUT2D eigenvalue weighted by Gasteiger charge is -2.13. The van der Waals surface area contributed by atoms with Crippen LogP contribution in [0, 0.1) is 23.3 Å². The summed E-state index contributed by atoms with van der Waals surface area (Å²) in [5, 5.41) is 0. The van der Waals surface area contributed by atoms with Gasteiger partial charge in [0.25, 0.3) is 10.0 Å². The SMILES string of the molecule is CCOC(=O)c1c(F)c(F)c(F)c(S(=O)(=O)Nc2ccc(OC)cc2)c1F. The predicted octanol–water partition coefficient (Wildman–Crippen LogP) is 3.23. The molecule has 0 saturated carbocycles. The number of carbonyl (C=O) groups excluding carboxylic acids is 1. The van der Waals surface area contributed by atoms with Crippen LogP contribution in [0.1, 0.15) is 17.3 Å². The molecule has 27 heavy (non-hydrogen) atoms. The highest BCUT2D eigenvalue weighted by atomic mass is 32.2. The molecule has 0 fully saturated rings. The molecule has 0 spiro atoms. The zero-order valence-corrected chi connectivity index (χ0v) is 14.8. The first-order chi connectivity index (χ1) is 12.6. The van der Waals surface area contributed by atoms with Crippen molar-refractivity contribution in [1.29, 1.82) is 0 Å². The molecule has 0 bridgehead atoms. The number of anilines is 1. The van der Waals surface area contributed by atoms with Crippen molar-refractivity contribution in [2.75, 3.05) is 18.4 Å². The van der Waals surface area contributed by atoms with Gasteiger partial charge in [0, 0.05) is 5.69 Å². The van der Waals surface area contributed by atoms with Gasteiger partial charge < -0.3 is 9.47 Å². The summed E-state index contributed by atoms with van der Waals surface area (Å²) in [6.45, 7) is 0.972. The summed E-state index contributed by atoms with van der Waals surface area (Å²) in [7, 11) is -3.70. The second-order valence-corrected chi connectivity index (χ2v) is 6.63. The molecule has 0 aromatic heterocycles. The summed E-state index contributed by atoms with van der Waals surface area (Å²) in [5.41, 5.74) is -1.79. The normalized spacial score (nSPS) is 11.2. The number of hydrogen-bond acceptors (Lipinski definition) is 5. The maximum absolute atomic E-state index is 14.5. The molecule has 2 rings (SSSR count). The van der Waals surface area contributed by atoms with E-state index in [9.17, 15) is 30.8 Å². The fourth-order valence-corrected chi connectivity index (χ4v) is 3.31. The average Bonchev–Trinajstić information content (AvgIpc) is 2.60. The molecule has 6 nitrogen and oxygen atoms in total. The van der Waals surface area contributed by atoms with Crippen LogP contribution in [0.2, 0.25) is 0 Å². The number of nitrogens with one attached hydrogen (secondary N) is 1. The van der Waals surface area contributed by atoms with Crippen LogP contribution in [0.15, 0.2) is 29.2 Å². The minimum atomic E-state index is -5.06. The fraction of sp³-hybridized carbons (Fsp3) is 0.188. The van der Waals surface area contributed by atoms with Gasteiger partial charge in [0.2, 0.25) is 0 Å². The highest BCUT2D eigenvalue weighted by molar-refractivity contribution is 7.92. The smallest absolute Gasteiger partial charge is 0.344 e. The van der Waals surface area contributed by atoms with E-state index in [0.717, 1.165) is 0 Å². The van der Waals surface area contributed by atoms with Crippen LogP contribution in [0.25, 0.3) is 0 Å². The second-order valence-electron chi connectivity index (χ2n) is 5.01. The summed E-state index contributed by atoms with van der Waals surface area (Å²) in [6.07, 6.45) is 0. The molecule has 0 unspecified atom stereocenters. The summed E-state index contributed by atoms with van der Waals surface area (Å²) >= 11 is 0. The average molecular weight is 407 g/mol. The van der Waals surface area contributed by atoms with E-state index >= 15 is 0 Å². The molecule has 2 aromatic rings. The van der Waals surface area contributed by atoms with Crippen molar-refractivity contribution in [2.45, 2.75) is 11.8 Å². The highest BCUT2D eigenvalue weighted by Gasteiger charge is 2.36. The van der Waals surface area contributed by atoms with Crippen molar-refractivity contribution in [3.05, 3.63) is 53.1 Å². The van der Waals surface area contributed by atoms with E-state index < -0.39 is 49.7 Å². The Bertz CT molecular complexity index is 978. The van der Waals surface area contributed by atoms with Gasteiger partial charge in [0.15, 0.2) is 28.2 Å². The first-order valence-electron chi connectivity index (χ1n) is 7.34. The van der Waals surface area contributed by atoms with Crippen molar-refractivity contribution in [1.82, 2.24) is 0 Å². The van der Waals surface area contributed by atoms with E-state index in [1.165, 1.54) is 38.3 Å². The Morgan fingerprint density at radius 1 is 1.00 bits per heavy atom. The van der Waals surface area contributed by atoms with Crippen LogP contribution in [0.4, 0.5) is 23.2 Å². The van der Waals surface area contributed by atoms with E-state index in [1.807, 2.05) is 4.72 Å². The van der Waals surface area contributed by atoms with Crippen LogP contribution < -0.4 is 9.46 Å². The maximum atomic E-state index is 14.5. The van der Waals surface area contributed by atoms with Crippen molar-refractivity contribution < 1.29 is 40.2 Å². The van der Waals surface area contributed by atoms with Crippen molar-refractivity contribution >= 4 is 21.7 Å². The maximum Gasteiger partial charge on any atom is 0.344 e. The third-order valence-electron chi connectivity index (χ3n) is 3.31. The van der Waals surface area contributed by atoms with Gasteiger partial charge in [-0.3, -0.25) is 4.72 Å². The van der Waals surface area contributed by atoms with Crippen LogP contribution in [-0.2, 0) is 14.8 Å². The number of carbonyl (C=O) groups is 1. The molecule has 0 atom stereocenters. The summed E-state index contributed by atoms with van der Waals surface area (Å²) in [6, 6.07) is 5.11. The van der Waals surface area contributed by atoms with Gasteiger partial charge in [-0.05, 0) is 31.2 Å². The van der Waals surface area contributed by atoms with Gasteiger partial charge in [-0.1, -0.05) is 0 Å². The Balaban J connectivity index is 2.59. The standard InChI is InChI=1S/C16H13F4NO5S/c1-3-26-16(22)10-11(17)13(19)14(20)15(12(10)18)27(23,24)21-8-4-6-9(25-2)7-5-8/h4-7,21H,3H2,1-2H3. The van der Waals surface area contributed by atoms with E-state index in [2.05, 4.69) is 4.74 Å². The Morgan fingerprint density at radius 2 is 1.59 bits per heavy atom. The second kappa shape index (κ2) is 7.82. The molecule has 0 heterocycles. The van der Waals surface area contributed by atoms with E-state index in [-0.39, 0.29) is 12.3 Å². The van der Waals surface area contributed by atoms with Gasteiger partial charge in [0.05, 0.1) is 13.7 Å². The van der Waals surface area contributed by atoms with Gasteiger partial charge >= 0.3 is 5.97 Å². The lowest BCUT2D eigenvalue weighted by Crippen LogP contribution is -2.22. The molecule has 0 radical (unpaired) electrons. The number of benzene rings is 2. The number of esters is 1. The quantitative estimate of drug-likeness (QED) is 0.344. The van der Waals surface area contributed by atoms with Crippen LogP contribution in [-0.4, -0.2) is 28.1 Å². The Morgan fingerprint density at radius 3 is 2.11 bits per heavy atom. The topological polar surface area (TPSA) is 81.7 Å². The van der Waals surface area contributed by atoms with E-state index in [1.54, 1.807) is 0 Å². The van der Waals surface area contributed by atoms with Gasteiger partial charge in [-0.25, -0.2) is 30.8 Å². The molecule has 1 N–H and O–H groups in total. The van der Waals surface area contributed by atoms with Crippen molar-refractivity contribution in [3.8, 4) is 5.75 Å². The number of rotatable bonds is 6. The largest absolute Gasteiger partial charge is 0.497 e.